The monoisotopic (exact) mass is 286 g/mol. The fraction of sp³-hybridized carbons (Fsp3) is 0.267. The first-order chi connectivity index (χ1) is 10.2. The molecule has 0 fully saturated rings. The fourth-order valence-corrected chi connectivity index (χ4v) is 1.61. The third-order valence-electron chi connectivity index (χ3n) is 2.70. The number of halogens is 1. The molecule has 5 nitrogen and oxygen atoms in total. The molecule has 2 rings (SSSR count). The summed E-state index contributed by atoms with van der Waals surface area (Å²) >= 11 is 0. The molecule has 0 aliphatic heterocycles. The van der Waals surface area contributed by atoms with Crippen molar-refractivity contribution in [2.24, 2.45) is 0 Å². The Hall–Kier alpha value is -2.68. The van der Waals surface area contributed by atoms with Gasteiger partial charge in [-0.2, -0.15) is 5.26 Å². The summed E-state index contributed by atoms with van der Waals surface area (Å²) in [7, 11) is 0. The largest absolute Gasteiger partial charge is 0.484 e. The maximum absolute atomic E-state index is 13.6. The highest BCUT2D eigenvalue weighted by Crippen LogP contribution is 2.19. The van der Waals surface area contributed by atoms with E-state index < -0.39 is 5.82 Å². The van der Waals surface area contributed by atoms with Gasteiger partial charge in [-0.1, -0.05) is 6.92 Å². The maximum atomic E-state index is 13.6. The molecule has 0 radical (unpaired) electrons. The Kier molecular flexibility index (Phi) is 5.04. The van der Waals surface area contributed by atoms with Gasteiger partial charge in [-0.3, -0.25) is 4.98 Å². The van der Waals surface area contributed by atoms with Gasteiger partial charge in [0.1, 0.15) is 12.4 Å². The van der Waals surface area contributed by atoms with Crippen LogP contribution in [0.4, 0.5) is 10.2 Å². The van der Waals surface area contributed by atoms with Crippen molar-refractivity contribution in [2.45, 2.75) is 20.0 Å². The standard InChI is InChI=1S/C15H15FN4O/c1-2-5-18-15-9-19-12(8-20-15)10-21-14-4-3-11(7-17)6-13(14)16/h3-4,6,8-9H,2,5,10H2,1H3,(H,18,20). The van der Waals surface area contributed by atoms with Gasteiger partial charge in [0, 0.05) is 6.54 Å². The first-order valence-corrected chi connectivity index (χ1v) is 6.60. The zero-order valence-corrected chi connectivity index (χ0v) is 11.6. The summed E-state index contributed by atoms with van der Waals surface area (Å²) in [6.45, 7) is 3.01. The summed E-state index contributed by atoms with van der Waals surface area (Å²) in [6.07, 6.45) is 4.20. The van der Waals surface area contributed by atoms with E-state index in [1.807, 2.05) is 6.07 Å². The molecular weight excluding hydrogens is 271 g/mol. The summed E-state index contributed by atoms with van der Waals surface area (Å²) in [5, 5.41) is 11.8. The van der Waals surface area contributed by atoms with Crippen LogP contribution in [0.25, 0.3) is 0 Å². The Morgan fingerprint density at radius 3 is 2.81 bits per heavy atom. The summed E-state index contributed by atoms with van der Waals surface area (Å²) in [5.41, 5.74) is 0.854. The van der Waals surface area contributed by atoms with Crippen molar-refractivity contribution < 1.29 is 9.13 Å². The number of anilines is 1. The molecule has 1 heterocycles. The van der Waals surface area contributed by atoms with E-state index in [2.05, 4.69) is 22.2 Å². The second-order valence-electron chi connectivity index (χ2n) is 4.37. The Labute approximate surface area is 122 Å². The Balaban J connectivity index is 1.95. The molecule has 0 saturated heterocycles. The highest BCUT2D eigenvalue weighted by Gasteiger charge is 2.06. The van der Waals surface area contributed by atoms with Crippen molar-refractivity contribution in [3.8, 4) is 11.8 Å². The molecule has 0 unspecified atom stereocenters. The molecule has 0 aliphatic carbocycles. The van der Waals surface area contributed by atoms with Gasteiger partial charge < -0.3 is 10.1 Å². The summed E-state index contributed by atoms with van der Waals surface area (Å²) in [5.74, 6) is 0.220. The fourth-order valence-electron chi connectivity index (χ4n) is 1.61. The van der Waals surface area contributed by atoms with E-state index in [4.69, 9.17) is 10.00 Å². The summed E-state index contributed by atoms with van der Waals surface area (Å²) in [6, 6.07) is 5.94. The number of hydrogen-bond donors (Lipinski definition) is 1. The second-order valence-corrected chi connectivity index (χ2v) is 4.37. The molecule has 6 heteroatoms. The van der Waals surface area contributed by atoms with Crippen molar-refractivity contribution in [2.75, 3.05) is 11.9 Å². The second kappa shape index (κ2) is 7.20. The quantitative estimate of drug-likeness (QED) is 0.884. The van der Waals surface area contributed by atoms with E-state index in [-0.39, 0.29) is 17.9 Å². The molecular formula is C15H15FN4O. The van der Waals surface area contributed by atoms with Crippen LogP contribution in [0.2, 0.25) is 0 Å². The number of aromatic nitrogens is 2. The lowest BCUT2D eigenvalue weighted by Crippen LogP contribution is -2.05. The SMILES string of the molecule is CCCNc1cnc(COc2ccc(C#N)cc2F)cn1. The third kappa shape index (κ3) is 4.14. The highest BCUT2D eigenvalue weighted by molar-refractivity contribution is 5.36. The van der Waals surface area contributed by atoms with E-state index in [1.165, 1.54) is 12.1 Å². The molecule has 0 saturated carbocycles. The average Bonchev–Trinajstić information content (AvgIpc) is 2.52. The number of nitriles is 1. The average molecular weight is 286 g/mol. The minimum absolute atomic E-state index is 0.0870. The van der Waals surface area contributed by atoms with Gasteiger partial charge >= 0.3 is 0 Å². The molecule has 1 aromatic heterocycles. The predicted molar refractivity (Wildman–Crippen MR) is 76.3 cm³/mol. The van der Waals surface area contributed by atoms with Crippen LogP contribution in [-0.2, 0) is 6.61 Å². The van der Waals surface area contributed by atoms with Crippen LogP contribution in [0.1, 0.15) is 24.6 Å². The van der Waals surface area contributed by atoms with Crippen molar-refractivity contribution in [3.63, 3.8) is 0 Å². The van der Waals surface area contributed by atoms with Crippen LogP contribution in [-0.4, -0.2) is 16.5 Å². The van der Waals surface area contributed by atoms with E-state index in [1.54, 1.807) is 12.4 Å². The van der Waals surface area contributed by atoms with Crippen molar-refractivity contribution >= 4 is 5.82 Å². The zero-order valence-electron chi connectivity index (χ0n) is 11.6. The Morgan fingerprint density at radius 1 is 1.33 bits per heavy atom. The zero-order chi connectivity index (χ0) is 15.1. The van der Waals surface area contributed by atoms with Crippen LogP contribution in [0.5, 0.6) is 5.75 Å². The number of nitrogens with one attached hydrogen (secondary N) is 1. The molecule has 0 atom stereocenters. The van der Waals surface area contributed by atoms with E-state index in [9.17, 15) is 4.39 Å². The first-order valence-electron chi connectivity index (χ1n) is 6.60. The number of nitrogens with zero attached hydrogens (tertiary/aromatic N) is 3. The van der Waals surface area contributed by atoms with Crippen molar-refractivity contribution in [1.82, 2.24) is 9.97 Å². The Morgan fingerprint density at radius 2 is 2.19 bits per heavy atom. The molecule has 0 aliphatic rings. The molecule has 108 valence electrons. The molecule has 21 heavy (non-hydrogen) atoms. The van der Waals surface area contributed by atoms with Gasteiger partial charge in [0.15, 0.2) is 11.6 Å². The predicted octanol–water partition coefficient (Wildman–Crippen LogP) is 2.89. The van der Waals surface area contributed by atoms with Crippen molar-refractivity contribution in [1.29, 1.82) is 5.26 Å². The molecule has 0 bridgehead atoms. The van der Waals surface area contributed by atoms with Crippen LogP contribution in [0.15, 0.2) is 30.6 Å². The Bertz CT molecular complexity index is 637. The minimum atomic E-state index is -0.566. The maximum Gasteiger partial charge on any atom is 0.166 e. The molecule has 0 amide bonds. The van der Waals surface area contributed by atoms with E-state index >= 15 is 0 Å². The highest BCUT2D eigenvalue weighted by atomic mass is 19.1. The van der Waals surface area contributed by atoms with Gasteiger partial charge in [-0.25, -0.2) is 9.37 Å². The number of rotatable bonds is 6. The topological polar surface area (TPSA) is 70.8 Å². The number of ether oxygens (including phenoxy) is 1. The molecule has 2 aromatic rings. The lowest BCUT2D eigenvalue weighted by Gasteiger charge is -2.07. The van der Waals surface area contributed by atoms with E-state index in [0.717, 1.165) is 19.0 Å². The third-order valence-corrected chi connectivity index (χ3v) is 2.70. The lowest BCUT2D eigenvalue weighted by atomic mass is 10.2. The number of hydrogen-bond acceptors (Lipinski definition) is 5. The van der Waals surface area contributed by atoms with E-state index in [0.29, 0.717) is 11.5 Å². The lowest BCUT2D eigenvalue weighted by molar-refractivity contribution is 0.285. The molecule has 1 N–H and O–H groups in total. The number of benzene rings is 1. The van der Waals surface area contributed by atoms with Gasteiger partial charge in [0.05, 0.1) is 29.7 Å². The molecule has 0 spiro atoms. The van der Waals surface area contributed by atoms with Gasteiger partial charge in [0.2, 0.25) is 0 Å². The summed E-state index contributed by atoms with van der Waals surface area (Å²) in [4.78, 5) is 8.37. The minimum Gasteiger partial charge on any atom is -0.484 e. The van der Waals surface area contributed by atoms with Gasteiger partial charge in [-0.15, -0.1) is 0 Å². The van der Waals surface area contributed by atoms with Gasteiger partial charge in [-0.05, 0) is 24.6 Å². The van der Waals surface area contributed by atoms with Gasteiger partial charge in [0.25, 0.3) is 0 Å². The normalized spacial score (nSPS) is 9.95. The van der Waals surface area contributed by atoms with Crippen LogP contribution in [0, 0.1) is 17.1 Å². The van der Waals surface area contributed by atoms with Crippen LogP contribution < -0.4 is 10.1 Å². The smallest absolute Gasteiger partial charge is 0.166 e. The first kappa shape index (κ1) is 14.7. The van der Waals surface area contributed by atoms with Crippen molar-refractivity contribution in [3.05, 3.63) is 47.7 Å². The van der Waals surface area contributed by atoms with Crippen LogP contribution >= 0.6 is 0 Å². The summed E-state index contributed by atoms with van der Waals surface area (Å²) < 4.78 is 19.0. The van der Waals surface area contributed by atoms with Crippen LogP contribution in [0.3, 0.4) is 0 Å². The molecule has 1 aromatic carbocycles.